The van der Waals surface area contributed by atoms with Crippen molar-refractivity contribution in [3.8, 4) is 11.8 Å². The second-order valence-electron chi connectivity index (χ2n) is 7.28. The Labute approximate surface area is 167 Å². The fraction of sp³-hybridized carbons (Fsp3) is 0.474. The Balaban J connectivity index is 2.12. The van der Waals surface area contributed by atoms with Gasteiger partial charge in [0.05, 0.1) is 17.7 Å². The maximum Gasteiger partial charge on any atom is 0.408 e. The molecule has 0 aliphatic carbocycles. The van der Waals surface area contributed by atoms with Crippen LogP contribution in [0.15, 0.2) is 12.3 Å². The molecule has 1 fully saturated rings. The van der Waals surface area contributed by atoms with E-state index >= 15 is 0 Å². The second kappa shape index (κ2) is 9.34. The molecule has 0 aromatic carbocycles. The Hall–Kier alpha value is -3.19. The fourth-order valence-electron chi connectivity index (χ4n) is 2.49. The number of aromatic nitrogens is 1. The van der Waals surface area contributed by atoms with Gasteiger partial charge in [0, 0.05) is 32.4 Å². The third-order valence-corrected chi connectivity index (χ3v) is 3.79. The molecule has 2 heterocycles. The number of rotatable bonds is 3. The molecule has 1 aromatic heterocycles. The number of alkyl carbamates (subject to hydrolysis) is 1. The van der Waals surface area contributed by atoms with Gasteiger partial charge in [-0.25, -0.2) is 14.6 Å². The molecule has 2 N–H and O–H groups in total. The highest BCUT2D eigenvalue weighted by atomic mass is 19.2. The Morgan fingerprint density at radius 2 is 1.93 bits per heavy atom. The van der Waals surface area contributed by atoms with Crippen LogP contribution in [-0.2, 0) is 4.74 Å². The number of hydrogen-bond acceptors (Lipinski definition) is 6. The monoisotopic (exact) mass is 406 g/mol. The predicted octanol–water partition coefficient (Wildman–Crippen LogP) is 1.30. The van der Waals surface area contributed by atoms with E-state index in [9.17, 15) is 24.0 Å². The first-order valence-electron chi connectivity index (χ1n) is 8.96. The summed E-state index contributed by atoms with van der Waals surface area (Å²) in [5.74, 6) is 3.56. The summed E-state index contributed by atoms with van der Waals surface area (Å²) >= 11 is 0. The molecule has 1 aromatic rings. The van der Waals surface area contributed by atoms with Gasteiger partial charge in [0.2, 0.25) is 0 Å². The minimum atomic E-state index is -1.29. The van der Waals surface area contributed by atoms with Crippen LogP contribution in [0.4, 0.5) is 9.28 Å². The van der Waals surface area contributed by atoms with Crippen LogP contribution in [0.1, 0.15) is 47.2 Å². The molecular weight excluding hydrogens is 383 g/mol. The van der Waals surface area contributed by atoms with Crippen molar-refractivity contribution in [2.75, 3.05) is 32.7 Å². The summed E-state index contributed by atoms with van der Waals surface area (Å²) in [5.41, 5.74) is -0.759. The van der Waals surface area contributed by atoms with Crippen molar-refractivity contribution < 1.29 is 28.7 Å². The van der Waals surface area contributed by atoms with Crippen molar-refractivity contribution in [1.82, 2.24) is 20.3 Å². The summed E-state index contributed by atoms with van der Waals surface area (Å²) in [5, 5.41) is 12.3. The lowest BCUT2D eigenvalue weighted by molar-refractivity contribution is -0.0169. The predicted molar refractivity (Wildman–Crippen MR) is 101 cm³/mol. The number of carbonyl (C=O) groups is 3. The number of pyridine rings is 1. The van der Waals surface area contributed by atoms with Crippen LogP contribution in [0.3, 0.4) is 0 Å². The van der Waals surface area contributed by atoms with E-state index in [2.05, 4.69) is 22.1 Å². The van der Waals surface area contributed by atoms with Crippen LogP contribution in [0, 0.1) is 11.8 Å². The van der Waals surface area contributed by atoms with Gasteiger partial charge < -0.3 is 20.1 Å². The molecular formula is C19H23FN4O5. The number of aromatic carboxylic acids is 1. The minimum absolute atomic E-state index is 0.0402. The van der Waals surface area contributed by atoms with E-state index in [1.165, 1.54) is 11.0 Å². The molecule has 0 saturated carbocycles. The van der Waals surface area contributed by atoms with Crippen LogP contribution in [0.25, 0.3) is 0 Å². The van der Waals surface area contributed by atoms with Gasteiger partial charge in [-0.05, 0) is 26.8 Å². The second-order valence-corrected chi connectivity index (χ2v) is 7.28. The molecule has 29 heavy (non-hydrogen) atoms. The first-order valence-corrected chi connectivity index (χ1v) is 8.96. The molecule has 10 heteroatoms. The Morgan fingerprint density at radius 3 is 2.52 bits per heavy atom. The molecule has 0 atom stereocenters. The Kier molecular flexibility index (Phi) is 7.12. The third-order valence-electron chi connectivity index (χ3n) is 3.79. The molecule has 9 nitrogen and oxygen atoms in total. The van der Waals surface area contributed by atoms with Crippen molar-refractivity contribution in [3.05, 3.63) is 29.1 Å². The standard InChI is InChI=1S/C19H23FN4O5/c1-19(2,3)29-18(28)21-6-4-5-13-11-14(12-22-15(13)17(26)27)16(25)23-7-9-24(20)10-8-23/h11-12H,6-10H2,1-3H3,(H,21,28)(H,26,27). The Bertz CT molecular complexity index is 848. The van der Waals surface area contributed by atoms with Crippen LogP contribution in [0.5, 0.6) is 0 Å². The molecule has 2 amide bonds. The lowest BCUT2D eigenvalue weighted by Gasteiger charge is -2.29. The summed E-state index contributed by atoms with van der Waals surface area (Å²) in [6, 6.07) is 1.33. The van der Waals surface area contributed by atoms with Crippen molar-refractivity contribution in [1.29, 1.82) is 0 Å². The van der Waals surface area contributed by atoms with E-state index in [0.29, 0.717) is 5.12 Å². The third kappa shape index (κ3) is 6.73. The summed E-state index contributed by atoms with van der Waals surface area (Å²) < 4.78 is 18.2. The average Bonchev–Trinajstić information content (AvgIpc) is 2.63. The largest absolute Gasteiger partial charge is 0.476 e. The summed E-state index contributed by atoms with van der Waals surface area (Å²) in [4.78, 5) is 40.8. The number of nitrogens with zero attached hydrogens (tertiary/aromatic N) is 3. The van der Waals surface area contributed by atoms with Gasteiger partial charge in [-0.15, -0.1) is 9.60 Å². The number of ether oxygens (including phenoxy) is 1. The van der Waals surface area contributed by atoms with Gasteiger partial charge in [-0.2, -0.15) is 0 Å². The maximum atomic E-state index is 13.1. The van der Waals surface area contributed by atoms with E-state index in [1.54, 1.807) is 20.8 Å². The zero-order valence-corrected chi connectivity index (χ0v) is 16.5. The number of hydrogen-bond donors (Lipinski definition) is 2. The first kappa shape index (κ1) is 22.1. The lowest BCUT2D eigenvalue weighted by Crippen LogP contribution is -2.45. The van der Waals surface area contributed by atoms with Crippen LogP contribution in [0.2, 0.25) is 0 Å². The molecule has 2 rings (SSSR count). The molecule has 1 saturated heterocycles. The van der Waals surface area contributed by atoms with Gasteiger partial charge in [0.1, 0.15) is 5.60 Å². The number of nitrogens with one attached hydrogen (secondary N) is 1. The van der Waals surface area contributed by atoms with Crippen LogP contribution < -0.4 is 5.32 Å². The zero-order valence-electron chi connectivity index (χ0n) is 16.5. The summed E-state index contributed by atoms with van der Waals surface area (Å²) in [6.07, 6.45) is 0.511. The van der Waals surface area contributed by atoms with Gasteiger partial charge in [-0.1, -0.05) is 11.8 Å². The molecule has 156 valence electrons. The van der Waals surface area contributed by atoms with Gasteiger partial charge in [0.25, 0.3) is 5.91 Å². The molecule has 0 bridgehead atoms. The number of halogens is 1. The summed E-state index contributed by atoms with van der Waals surface area (Å²) in [6.45, 7) is 5.74. The van der Waals surface area contributed by atoms with Crippen molar-refractivity contribution in [2.24, 2.45) is 0 Å². The number of carboxylic acids is 1. The van der Waals surface area contributed by atoms with E-state index < -0.39 is 17.7 Å². The average molecular weight is 406 g/mol. The first-order chi connectivity index (χ1) is 13.6. The minimum Gasteiger partial charge on any atom is -0.476 e. The molecule has 0 unspecified atom stereocenters. The highest BCUT2D eigenvalue weighted by Gasteiger charge is 2.23. The van der Waals surface area contributed by atoms with Crippen molar-refractivity contribution >= 4 is 18.0 Å². The number of carbonyl (C=O) groups excluding carboxylic acids is 2. The normalized spacial score (nSPS) is 14.6. The van der Waals surface area contributed by atoms with Gasteiger partial charge in [-0.3, -0.25) is 4.79 Å². The van der Waals surface area contributed by atoms with Gasteiger partial charge >= 0.3 is 12.1 Å². The smallest absolute Gasteiger partial charge is 0.408 e. The maximum absolute atomic E-state index is 13.1. The van der Waals surface area contributed by atoms with Crippen molar-refractivity contribution in [2.45, 2.75) is 26.4 Å². The van der Waals surface area contributed by atoms with E-state index in [-0.39, 0.29) is 55.5 Å². The highest BCUT2D eigenvalue weighted by Crippen LogP contribution is 2.13. The quantitative estimate of drug-likeness (QED) is 0.575. The number of piperazine rings is 1. The topological polar surface area (TPSA) is 112 Å². The van der Waals surface area contributed by atoms with E-state index in [4.69, 9.17) is 4.74 Å². The van der Waals surface area contributed by atoms with Gasteiger partial charge in [0.15, 0.2) is 5.69 Å². The number of carboxylic acid groups (broad SMARTS) is 1. The summed E-state index contributed by atoms with van der Waals surface area (Å²) in [7, 11) is 0. The lowest BCUT2D eigenvalue weighted by atomic mass is 10.1. The van der Waals surface area contributed by atoms with Crippen LogP contribution in [-0.4, -0.2) is 76.4 Å². The van der Waals surface area contributed by atoms with E-state index in [1.807, 2.05) is 0 Å². The van der Waals surface area contributed by atoms with E-state index in [0.717, 1.165) is 6.20 Å². The number of amides is 2. The molecule has 1 aliphatic heterocycles. The zero-order chi connectivity index (χ0) is 21.6. The molecule has 1 aliphatic rings. The van der Waals surface area contributed by atoms with Crippen LogP contribution >= 0.6 is 0 Å². The molecule has 0 radical (unpaired) electrons. The van der Waals surface area contributed by atoms with Crippen molar-refractivity contribution in [3.63, 3.8) is 0 Å². The SMILES string of the molecule is CC(C)(C)OC(=O)NCC#Cc1cc(C(=O)N2CCN(F)CC2)cnc1C(=O)O. The highest BCUT2D eigenvalue weighted by molar-refractivity contribution is 5.96. The molecule has 0 spiro atoms. The Morgan fingerprint density at radius 1 is 1.28 bits per heavy atom. The fourth-order valence-corrected chi connectivity index (χ4v) is 2.49.